The van der Waals surface area contributed by atoms with Crippen LogP contribution in [0.3, 0.4) is 0 Å². The maximum Gasteiger partial charge on any atom is 0.137 e. The summed E-state index contributed by atoms with van der Waals surface area (Å²) >= 11 is 3.14. The molecule has 1 atom stereocenters. The molecule has 0 bridgehead atoms. The van der Waals surface area contributed by atoms with Crippen molar-refractivity contribution in [3.63, 3.8) is 0 Å². The number of hydrogen-bond acceptors (Lipinski definition) is 2. The molecule has 4 heteroatoms. The Morgan fingerprint density at radius 1 is 1.57 bits per heavy atom. The first kappa shape index (κ1) is 11.6. The zero-order valence-corrected chi connectivity index (χ0v) is 9.73. The Labute approximate surface area is 91.3 Å². The van der Waals surface area contributed by atoms with Crippen molar-refractivity contribution in [1.29, 1.82) is 0 Å². The Morgan fingerprint density at radius 3 is 2.79 bits per heavy atom. The van der Waals surface area contributed by atoms with Gasteiger partial charge in [0.05, 0.1) is 10.6 Å². The summed E-state index contributed by atoms with van der Waals surface area (Å²) in [6.07, 6.45) is -0.600. The lowest BCUT2D eigenvalue weighted by Gasteiger charge is -2.14. The Balaban J connectivity index is 3.04. The fourth-order valence-electron chi connectivity index (χ4n) is 1.33. The van der Waals surface area contributed by atoms with Crippen LogP contribution in [0.15, 0.2) is 16.6 Å². The van der Waals surface area contributed by atoms with Gasteiger partial charge >= 0.3 is 0 Å². The number of halogens is 2. The minimum absolute atomic E-state index is 0.303. The molecule has 1 aromatic rings. The third-order valence-corrected chi connectivity index (χ3v) is 3.11. The van der Waals surface area contributed by atoms with Crippen molar-refractivity contribution in [3.05, 3.63) is 33.5 Å². The molecular weight excluding hydrogens is 249 g/mol. The average molecular weight is 262 g/mol. The first-order valence-electron chi connectivity index (χ1n) is 4.35. The second-order valence-corrected chi connectivity index (χ2v) is 3.94. The highest BCUT2D eigenvalue weighted by molar-refractivity contribution is 9.10. The third-order valence-electron chi connectivity index (χ3n) is 2.14. The van der Waals surface area contributed by atoms with Gasteiger partial charge < -0.3 is 10.4 Å². The molecule has 0 heterocycles. The highest BCUT2D eigenvalue weighted by Gasteiger charge is 2.13. The maximum atomic E-state index is 13.1. The average Bonchev–Trinajstić information content (AvgIpc) is 2.15. The molecule has 0 aliphatic carbocycles. The predicted molar refractivity (Wildman–Crippen MR) is 57.7 cm³/mol. The van der Waals surface area contributed by atoms with Gasteiger partial charge in [-0.05, 0) is 47.1 Å². The summed E-state index contributed by atoms with van der Waals surface area (Å²) in [7, 11) is 1.76. The smallest absolute Gasteiger partial charge is 0.137 e. The van der Waals surface area contributed by atoms with Crippen LogP contribution in [0.4, 0.5) is 4.39 Å². The molecule has 14 heavy (non-hydrogen) atoms. The first-order valence-corrected chi connectivity index (χ1v) is 5.14. The number of hydrogen-bond donors (Lipinski definition) is 2. The minimum Gasteiger partial charge on any atom is -0.387 e. The quantitative estimate of drug-likeness (QED) is 0.874. The maximum absolute atomic E-state index is 13.1. The van der Waals surface area contributed by atoms with Gasteiger partial charge in [0.1, 0.15) is 5.82 Å². The molecule has 0 spiro atoms. The normalized spacial score (nSPS) is 12.9. The molecule has 2 nitrogen and oxygen atoms in total. The molecule has 1 aromatic carbocycles. The van der Waals surface area contributed by atoms with Gasteiger partial charge in [0.15, 0.2) is 0 Å². The van der Waals surface area contributed by atoms with E-state index in [1.54, 1.807) is 20.0 Å². The second kappa shape index (κ2) is 4.87. The van der Waals surface area contributed by atoms with Crippen molar-refractivity contribution in [2.45, 2.75) is 13.0 Å². The van der Waals surface area contributed by atoms with Gasteiger partial charge in [-0.25, -0.2) is 4.39 Å². The lowest BCUT2D eigenvalue weighted by molar-refractivity contribution is 0.177. The Hall–Kier alpha value is -0.450. The van der Waals surface area contributed by atoms with E-state index in [4.69, 9.17) is 0 Å². The lowest BCUT2D eigenvalue weighted by atomic mass is 10.0. The zero-order valence-electron chi connectivity index (χ0n) is 8.14. The van der Waals surface area contributed by atoms with E-state index in [-0.39, 0.29) is 5.82 Å². The fraction of sp³-hybridized carbons (Fsp3) is 0.400. The number of nitrogens with one attached hydrogen (secondary N) is 1. The summed E-state index contributed by atoms with van der Waals surface area (Å²) in [4.78, 5) is 0. The zero-order chi connectivity index (χ0) is 10.7. The van der Waals surface area contributed by atoms with Crippen molar-refractivity contribution in [1.82, 2.24) is 5.32 Å². The van der Waals surface area contributed by atoms with Crippen LogP contribution in [0.2, 0.25) is 0 Å². The Bertz CT molecular complexity index is 330. The molecule has 0 amide bonds. The van der Waals surface area contributed by atoms with Crippen LogP contribution in [-0.4, -0.2) is 18.7 Å². The summed E-state index contributed by atoms with van der Waals surface area (Å²) < 4.78 is 13.5. The van der Waals surface area contributed by atoms with Gasteiger partial charge in [0, 0.05) is 6.54 Å². The molecule has 2 N–H and O–H groups in total. The van der Waals surface area contributed by atoms with Crippen LogP contribution in [0.5, 0.6) is 0 Å². The molecular formula is C10H13BrFNO. The molecule has 78 valence electrons. The minimum atomic E-state index is -0.600. The van der Waals surface area contributed by atoms with Crippen molar-refractivity contribution in [2.24, 2.45) is 0 Å². The van der Waals surface area contributed by atoms with E-state index in [1.165, 1.54) is 6.07 Å². The number of aliphatic hydroxyl groups is 1. The van der Waals surface area contributed by atoms with Crippen molar-refractivity contribution >= 4 is 15.9 Å². The van der Waals surface area contributed by atoms with Crippen LogP contribution >= 0.6 is 15.9 Å². The number of rotatable bonds is 3. The topological polar surface area (TPSA) is 32.3 Å². The summed E-state index contributed by atoms with van der Waals surface area (Å²) in [5.41, 5.74) is 1.49. The molecule has 0 aromatic heterocycles. The Morgan fingerprint density at radius 2 is 2.21 bits per heavy atom. The van der Waals surface area contributed by atoms with E-state index in [2.05, 4.69) is 21.2 Å². The van der Waals surface area contributed by atoms with Crippen molar-refractivity contribution in [2.75, 3.05) is 13.6 Å². The third kappa shape index (κ3) is 2.32. The van der Waals surface area contributed by atoms with Crippen LogP contribution in [0, 0.1) is 12.7 Å². The number of likely N-dealkylation sites (N-methyl/N-ethyl adjacent to an activating group) is 1. The largest absolute Gasteiger partial charge is 0.387 e. The van der Waals surface area contributed by atoms with Gasteiger partial charge in [-0.3, -0.25) is 0 Å². The second-order valence-electron chi connectivity index (χ2n) is 3.15. The van der Waals surface area contributed by atoms with Crippen LogP contribution in [-0.2, 0) is 0 Å². The van der Waals surface area contributed by atoms with E-state index in [1.807, 2.05) is 0 Å². The van der Waals surface area contributed by atoms with Crippen LogP contribution in [0.1, 0.15) is 17.2 Å². The van der Waals surface area contributed by atoms with Crippen LogP contribution < -0.4 is 5.32 Å². The van der Waals surface area contributed by atoms with Gasteiger partial charge in [0.2, 0.25) is 0 Å². The standard InChI is InChI=1S/C10H13BrFNO/c1-6-7(9(14)5-13-2)3-4-8(12)10(6)11/h3-4,9,13-14H,5H2,1-2H3. The van der Waals surface area contributed by atoms with Gasteiger partial charge in [-0.1, -0.05) is 6.07 Å². The van der Waals surface area contributed by atoms with E-state index in [0.29, 0.717) is 11.0 Å². The molecule has 1 unspecified atom stereocenters. The first-order chi connectivity index (χ1) is 6.57. The van der Waals surface area contributed by atoms with Gasteiger partial charge in [0.25, 0.3) is 0 Å². The highest BCUT2D eigenvalue weighted by atomic mass is 79.9. The fourth-order valence-corrected chi connectivity index (χ4v) is 1.69. The number of aliphatic hydroxyl groups excluding tert-OH is 1. The summed E-state index contributed by atoms with van der Waals surface area (Å²) in [5.74, 6) is -0.303. The molecule has 1 rings (SSSR count). The molecule has 0 saturated carbocycles. The van der Waals surface area contributed by atoms with Gasteiger partial charge in [-0.15, -0.1) is 0 Å². The summed E-state index contributed by atoms with van der Waals surface area (Å²) in [6.45, 7) is 2.24. The van der Waals surface area contributed by atoms with E-state index in [9.17, 15) is 9.50 Å². The van der Waals surface area contributed by atoms with E-state index in [0.717, 1.165) is 11.1 Å². The molecule has 0 radical (unpaired) electrons. The van der Waals surface area contributed by atoms with E-state index >= 15 is 0 Å². The summed E-state index contributed by atoms with van der Waals surface area (Å²) in [5, 5.41) is 12.6. The van der Waals surface area contributed by atoms with Crippen LogP contribution in [0.25, 0.3) is 0 Å². The highest BCUT2D eigenvalue weighted by Crippen LogP contribution is 2.26. The molecule has 0 aliphatic rings. The molecule has 0 aliphatic heterocycles. The number of benzene rings is 1. The predicted octanol–water partition coefficient (Wildman–Crippen LogP) is 2.15. The van der Waals surface area contributed by atoms with Gasteiger partial charge in [-0.2, -0.15) is 0 Å². The van der Waals surface area contributed by atoms with Crippen molar-refractivity contribution in [3.8, 4) is 0 Å². The van der Waals surface area contributed by atoms with Crippen molar-refractivity contribution < 1.29 is 9.50 Å². The molecule has 0 saturated heterocycles. The Kier molecular flexibility index (Phi) is 4.04. The summed E-state index contributed by atoms with van der Waals surface area (Å²) in [6, 6.07) is 2.96. The van der Waals surface area contributed by atoms with E-state index < -0.39 is 6.10 Å². The monoisotopic (exact) mass is 261 g/mol. The SMILES string of the molecule is CNCC(O)c1ccc(F)c(Br)c1C. The molecule has 0 fully saturated rings. The lowest BCUT2D eigenvalue weighted by Crippen LogP contribution is -2.17.